The maximum Gasteiger partial charge on any atom is 0.200 e. The lowest BCUT2D eigenvalue weighted by atomic mass is 10.0. The summed E-state index contributed by atoms with van der Waals surface area (Å²) in [6.07, 6.45) is 1.53. The SMILES string of the molecule is COCc1c(OC(C)C)ccc2c(=O)c(-c3ccccc3)coc12. The molecule has 1 heterocycles. The van der Waals surface area contributed by atoms with E-state index in [2.05, 4.69) is 0 Å². The van der Waals surface area contributed by atoms with Gasteiger partial charge < -0.3 is 13.9 Å². The molecule has 24 heavy (non-hydrogen) atoms. The fourth-order valence-corrected chi connectivity index (χ4v) is 2.70. The van der Waals surface area contributed by atoms with Crippen molar-refractivity contribution in [1.29, 1.82) is 0 Å². The van der Waals surface area contributed by atoms with Crippen molar-refractivity contribution in [3.8, 4) is 16.9 Å². The van der Waals surface area contributed by atoms with E-state index in [1.165, 1.54) is 6.26 Å². The van der Waals surface area contributed by atoms with Gasteiger partial charge in [-0.2, -0.15) is 0 Å². The molecule has 3 rings (SSSR count). The molecule has 0 saturated heterocycles. The normalized spacial score (nSPS) is 11.2. The van der Waals surface area contributed by atoms with Crippen LogP contribution in [0, 0.1) is 0 Å². The monoisotopic (exact) mass is 324 g/mol. The summed E-state index contributed by atoms with van der Waals surface area (Å²) in [5.74, 6) is 0.676. The molecule has 0 amide bonds. The number of ether oxygens (including phenoxy) is 2. The van der Waals surface area contributed by atoms with Crippen molar-refractivity contribution in [3.05, 3.63) is 64.5 Å². The van der Waals surface area contributed by atoms with Gasteiger partial charge in [0.1, 0.15) is 17.6 Å². The molecule has 3 aromatic rings. The quantitative estimate of drug-likeness (QED) is 0.698. The van der Waals surface area contributed by atoms with Crippen molar-refractivity contribution >= 4 is 11.0 Å². The molecule has 0 fully saturated rings. The molecule has 0 radical (unpaired) electrons. The predicted molar refractivity (Wildman–Crippen MR) is 94.4 cm³/mol. The zero-order valence-electron chi connectivity index (χ0n) is 14.0. The maximum atomic E-state index is 12.9. The van der Waals surface area contributed by atoms with Gasteiger partial charge in [0.2, 0.25) is 5.43 Å². The van der Waals surface area contributed by atoms with Crippen LogP contribution in [0.1, 0.15) is 19.4 Å². The van der Waals surface area contributed by atoms with Crippen LogP contribution in [-0.2, 0) is 11.3 Å². The van der Waals surface area contributed by atoms with Gasteiger partial charge in [-0.1, -0.05) is 30.3 Å². The van der Waals surface area contributed by atoms with Crippen LogP contribution in [0.25, 0.3) is 22.1 Å². The first kappa shape index (κ1) is 16.3. The van der Waals surface area contributed by atoms with Crippen molar-refractivity contribution in [3.63, 3.8) is 0 Å². The number of hydrogen-bond donors (Lipinski definition) is 0. The minimum Gasteiger partial charge on any atom is -0.490 e. The first-order chi connectivity index (χ1) is 11.6. The summed E-state index contributed by atoms with van der Waals surface area (Å²) in [5.41, 5.74) is 2.59. The highest BCUT2D eigenvalue weighted by atomic mass is 16.5. The highest BCUT2D eigenvalue weighted by molar-refractivity contribution is 5.85. The minimum absolute atomic E-state index is 0.0216. The Balaban J connectivity index is 2.21. The van der Waals surface area contributed by atoms with Gasteiger partial charge in [-0.3, -0.25) is 4.79 Å². The van der Waals surface area contributed by atoms with Gasteiger partial charge in [0.25, 0.3) is 0 Å². The fourth-order valence-electron chi connectivity index (χ4n) is 2.70. The Labute approximate surface area is 140 Å². The van der Waals surface area contributed by atoms with E-state index < -0.39 is 0 Å². The molecule has 0 unspecified atom stereocenters. The van der Waals surface area contributed by atoms with Crippen LogP contribution in [0.2, 0.25) is 0 Å². The van der Waals surface area contributed by atoms with E-state index in [1.54, 1.807) is 13.2 Å². The second kappa shape index (κ2) is 6.89. The molecule has 0 aliphatic carbocycles. The summed E-state index contributed by atoms with van der Waals surface area (Å²) in [5, 5.41) is 0.527. The molecule has 0 N–H and O–H groups in total. The Morgan fingerprint density at radius 2 is 1.83 bits per heavy atom. The van der Waals surface area contributed by atoms with E-state index in [0.717, 1.165) is 11.1 Å². The summed E-state index contributed by atoms with van der Waals surface area (Å²) in [7, 11) is 1.61. The summed E-state index contributed by atoms with van der Waals surface area (Å²) in [6.45, 7) is 4.22. The summed E-state index contributed by atoms with van der Waals surface area (Å²) in [4.78, 5) is 12.9. The van der Waals surface area contributed by atoms with Crippen LogP contribution >= 0.6 is 0 Å². The van der Waals surface area contributed by atoms with Crippen molar-refractivity contribution in [2.45, 2.75) is 26.6 Å². The van der Waals surface area contributed by atoms with Gasteiger partial charge in [-0.05, 0) is 31.5 Å². The molecule has 0 saturated carbocycles. The molecule has 1 aromatic heterocycles. The lowest BCUT2D eigenvalue weighted by Crippen LogP contribution is -2.10. The van der Waals surface area contributed by atoms with Gasteiger partial charge >= 0.3 is 0 Å². The van der Waals surface area contributed by atoms with Gasteiger partial charge in [0.05, 0.1) is 29.2 Å². The molecular formula is C20H20O4. The van der Waals surface area contributed by atoms with E-state index in [-0.39, 0.29) is 11.5 Å². The first-order valence-electron chi connectivity index (χ1n) is 7.90. The Kier molecular flexibility index (Phi) is 4.67. The average molecular weight is 324 g/mol. The number of rotatable bonds is 5. The van der Waals surface area contributed by atoms with Crippen LogP contribution in [0.5, 0.6) is 5.75 Å². The van der Waals surface area contributed by atoms with E-state index >= 15 is 0 Å². The van der Waals surface area contributed by atoms with Crippen LogP contribution in [0.15, 0.2) is 57.9 Å². The van der Waals surface area contributed by atoms with E-state index in [4.69, 9.17) is 13.9 Å². The fraction of sp³-hybridized carbons (Fsp3) is 0.250. The Bertz CT molecular complexity index is 895. The molecule has 0 spiro atoms. The first-order valence-corrected chi connectivity index (χ1v) is 7.90. The maximum absolute atomic E-state index is 12.9. The van der Waals surface area contributed by atoms with Crippen LogP contribution in [-0.4, -0.2) is 13.2 Å². The van der Waals surface area contributed by atoms with E-state index in [0.29, 0.717) is 28.9 Å². The van der Waals surface area contributed by atoms with Gasteiger partial charge in [0, 0.05) is 7.11 Å². The van der Waals surface area contributed by atoms with Gasteiger partial charge in [0.15, 0.2) is 0 Å². The second-order valence-corrected chi connectivity index (χ2v) is 5.86. The highest BCUT2D eigenvalue weighted by Crippen LogP contribution is 2.30. The van der Waals surface area contributed by atoms with Crippen molar-refractivity contribution in [1.82, 2.24) is 0 Å². The summed E-state index contributed by atoms with van der Waals surface area (Å²) in [6, 6.07) is 13.1. The number of benzene rings is 2. The Morgan fingerprint density at radius 3 is 2.50 bits per heavy atom. The standard InChI is InChI=1S/C20H20O4/c1-13(2)24-18-10-9-15-19(21)16(14-7-5-4-6-8-14)12-23-20(15)17(18)11-22-3/h4-10,12-13H,11H2,1-3H3. The molecule has 2 aromatic carbocycles. The number of hydrogen-bond acceptors (Lipinski definition) is 4. The molecule has 0 atom stereocenters. The van der Waals surface area contributed by atoms with Crippen LogP contribution in [0.3, 0.4) is 0 Å². The third-order valence-corrected chi connectivity index (χ3v) is 3.74. The molecule has 0 bridgehead atoms. The molecule has 4 heteroatoms. The Morgan fingerprint density at radius 1 is 1.08 bits per heavy atom. The van der Waals surface area contributed by atoms with Crippen LogP contribution < -0.4 is 10.2 Å². The summed E-state index contributed by atoms with van der Waals surface area (Å²) < 4.78 is 16.9. The van der Waals surface area contributed by atoms with E-state index in [1.807, 2.05) is 50.2 Å². The molecular weight excluding hydrogens is 304 g/mol. The average Bonchev–Trinajstić information content (AvgIpc) is 2.58. The molecule has 0 aliphatic rings. The van der Waals surface area contributed by atoms with Gasteiger partial charge in [-0.25, -0.2) is 0 Å². The zero-order valence-corrected chi connectivity index (χ0v) is 14.0. The Hall–Kier alpha value is -2.59. The smallest absolute Gasteiger partial charge is 0.200 e. The number of methoxy groups -OCH3 is 1. The second-order valence-electron chi connectivity index (χ2n) is 5.86. The largest absolute Gasteiger partial charge is 0.490 e. The topological polar surface area (TPSA) is 48.7 Å². The minimum atomic E-state index is -0.0594. The van der Waals surface area contributed by atoms with Crippen molar-refractivity contribution in [2.75, 3.05) is 7.11 Å². The lowest BCUT2D eigenvalue weighted by molar-refractivity contribution is 0.175. The highest BCUT2D eigenvalue weighted by Gasteiger charge is 2.16. The molecule has 4 nitrogen and oxygen atoms in total. The lowest BCUT2D eigenvalue weighted by Gasteiger charge is -2.15. The van der Waals surface area contributed by atoms with Crippen molar-refractivity contribution < 1.29 is 13.9 Å². The third-order valence-electron chi connectivity index (χ3n) is 3.74. The zero-order chi connectivity index (χ0) is 17.1. The third kappa shape index (κ3) is 3.05. The molecule has 124 valence electrons. The van der Waals surface area contributed by atoms with E-state index in [9.17, 15) is 4.79 Å². The van der Waals surface area contributed by atoms with Gasteiger partial charge in [-0.15, -0.1) is 0 Å². The number of fused-ring (bicyclic) bond motifs is 1. The van der Waals surface area contributed by atoms with Crippen molar-refractivity contribution in [2.24, 2.45) is 0 Å². The van der Waals surface area contributed by atoms with Crippen LogP contribution in [0.4, 0.5) is 0 Å². The summed E-state index contributed by atoms with van der Waals surface area (Å²) >= 11 is 0. The molecule has 0 aliphatic heterocycles. The predicted octanol–water partition coefficient (Wildman–Crippen LogP) is 4.39.